The van der Waals surface area contributed by atoms with Crippen molar-refractivity contribution in [2.45, 2.75) is 51.1 Å². The Balaban J connectivity index is 1.56. The molecule has 26 heavy (non-hydrogen) atoms. The van der Waals surface area contributed by atoms with E-state index in [0.717, 1.165) is 30.6 Å². The first-order chi connectivity index (χ1) is 12.6. The average molecular weight is 358 g/mol. The molecule has 0 aromatic heterocycles. The van der Waals surface area contributed by atoms with E-state index in [0.29, 0.717) is 19.4 Å². The lowest BCUT2D eigenvalue weighted by molar-refractivity contribution is -0.131. The van der Waals surface area contributed by atoms with Gasteiger partial charge >= 0.3 is 6.03 Å². The lowest BCUT2D eigenvalue weighted by Gasteiger charge is -2.20. The first-order valence-corrected chi connectivity index (χ1v) is 9.28. The van der Waals surface area contributed by atoms with Crippen LogP contribution in [0.15, 0.2) is 24.3 Å². The zero-order valence-corrected chi connectivity index (χ0v) is 15.1. The predicted molar refractivity (Wildman–Crippen MR) is 98.5 cm³/mol. The van der Waals surface area contributed by atoms with Gasteiger partial charge in [0, 0.05) is 25.2 Å². The number of carbonyl (C=O) groups is 3. The Morgan fingerprint density at radius 2 is 1.96 bits per heavy atom. The molecule has 1 heterocycles. The molecule has 7 heteroatoms. The number of benzene rings is 1. The second-order valence-electron chi connectivity index (χ2n) is 6.91. The summed E-state index contributed by atoms with van der Waals surface area (Å²) >= 11 is 0. The molecule has 0 atom stereocenters. The summed E-state index contributed by atoms with van der Waals surface area (Å²) in [5.74, 6) is -0.387. The van der Waals surface area contributed by atoms with Gasteiger partial charge in [0.05, 0.1) is 0 Å². The molecule has 1 aromatic rings. The van der Waals surface area contributed by atoms with E-state index in [4.69, 9.17) is 0 Å². The van der Waals surface area contributed by atoms with Gasteiger partial charge in [0.25, 0.3) is 5.91 Å². The smallest absolute Gasteiger partial charge is 0.325 e. The van der Waals surface area contributed by atoms with Gasteiger partial charge in [-0.1, -0.05) is 38.0 Å². The van der Waals surface area contributed by atoms with Gasteiger partial charge < -0.3 is 16.0 Å². The summed E-state index contributed by atoms with van der Waals surface area (Å²) in [5, 5.41) is 8.95. The van der Waals surface area contributed by atoms with Gasteiger partial charge in [-0.2, -0.15) is 0 Å². The standard InChI is InChI=1S/C19H26N4O3/c1-2-20-13-14-7-3-4-8-15(14)21-16(24)9-12-23-17(25)19(22-18(23)26)10-5-6-11-19/h3-4,7-8,20H,2,5-6,9-13H2,1H3,(H,21,24)(H,22,26). The molecule has 7 nitrogen and oxygen atoms in total. The van der Waals surface area contributed by atoms with Crippen LogP contribution < -0.4 is 16.0 Å². The van der Waals surface area contributed by atoms with Gasteiger partial charge in [0.15, 0.2) is 0 Å². The number of nitrogens with zero attached hydrogens (tertiary/aromatic N) is 1. The molecule has 2 fully saturated rings. The van der Waals surface area contributed by atoms with Crippen LogP contribution in [0.2, 0.25) is 0 Å². The van der Waals surface area contributed by atoms with Gasteiger partial charge in [-0.05, 0) is 31.0 Å². The third-order valence-electron chi connectivity index (χ3n) is 5.12. The van der Waals surface area contributed by atoms with Crippen LogP contribution in [0, 0.1) is 0 Å². The van der Waals surface area contributed by atoms with Crippen LogP contribution in [-0.2, 0) is 16.1 Å². The van der Waals surface area contributed by atoms with E-state index in [1.165, 1.54) is 4.90 Å². The maximum atomic E-state index is 12.6. The van der Waals surface area contributed by atoms with Gasteiger partial charge in [-0.3, -0.25) is 14.5 Å². The Kier molecular flexibility index (Phi) is 5.56. The van der Waals surface area contributed by atoms with Crippen molar-refractivity contribution < 1.29 is 14.4 Å². The van der Waals surface area contributed by atoms with Crippen LogP contribution in [-0.4, -0.2) is 41.4 Å². The molecule has 1 aromatic carbocycles. The maximum absolute atomic E-state index is 12.6. The minimum Gasteiger partial charge on any atom is -0.326 e. The summed E-state index contributed by atoms with van der Waals surface area (Å²) in [6.07, 6.45) is 3.37. The fraction of sp³-hybridized carbons (Fsp3) is 0.526. The first kappa shape index (κ1) is 18.4. The normalized spacial score (nSPS) is 18.4. The van der Waals surface area contributed by atoms with Crippen molar-refractivity contribution in [1.82, 2.24) is 15.5 Å². The molecule has 2 aliphatic rings. The summed E-state index contributed by atoms with van der Waals surface area (Å²) < 4.78 is 0. The molecule has 1 saturated heterocycles. The third-order valence-corrected chi connectivity index (χ3v) is 5.12. The van der Waals surface area contributed by atoms with E-state index in [-0.39, 0.29) is 30.8 Å². The SMILES string of the molecule is CCNCc1ccccc1NC(=O)CCN1C(=O)NC2(CCCC2)C1=O. The molecular weight excluding hydrogens is 332 g/mol. The molecule has 1 saturated carbocycles. The highest BCUT2D eigenvalue weighted by Gasteiger charge is 2.52. The molecule has 0 bridgehead atoms. The van der Waals surface area contributed by atoms with Crippen LogP contribution in [0.25, 0.3) is 0 Å². The topological polar surface area (TPSA) is 90.5 Å². The van der Waals surface area contributed by atoms with Crippen molar-refractivity contribution >= 4 is 23.5 Å². The van der Waals surface area contributed by atoms with Crippen molar-refractivity contribution in [2.75, 3.05) is 18.4 Å². The van der Waals surface area contributed by atoms with Crippen molar-refractivity contribution in [1.29, 1.82) is 0 Å². The minimum absolute atomic E-state index is 0.0881. The zero-order chi connectivity index (χ0) is 18.6. The maximum Gasteiger partial charge on any atom is 0.325 e. The number of para-hydroxylation sites is 1. The molecular formula is C19H26N4O3. The number of urea groups is 1. The van der Waals surface area contributed by atoms with E-state index < -0.39 is 5.54 Å². The van der Waals surface area contributed by atoms with Crippen LogP contribution in [0.5, 0.6) is 0 Å². The number of rotatable bonds is 7. The predicted octanol–water partition coefficient (Wildman–Crippen LogP) is 1.99. The monoisotopic (exact) mass is 358 g/mol. The highest BCUT2D eigenvalue weighted by Crippen LogP contribution is 2.35. The Hall–Kier alpha value is -2.41. The summed E-state index contributed by atoms with van der Waals surface area (Å²) in [4.78, 5) is 38.2. The molecule has 140 valence electrons. The molecule has 1 aliphatic carbocycles. The van der Waals surface area contributed by atoms with Crippen molar-refractivity contribution in [2.24, 2.45) is 0 Å². The third kappa shape index (κ3) is 3.72. The fourth-order valence-electron chi connectivity index (χ4n) is 3.68. The van der Waals surface area contributed by atoms with Gasteiger partial charge in [-0.15, -0.1) is 0 Å². The number of carbonyl (C=O) groups excluding carboxylic acids is 3. The van der Waals surface area contributed by atoms with E-state index in [1.54, 1.807) is 0 Å². The van der Waals surface area contributed by atoms with Crippen molar-refractivity contribution in [3.05, 3.63) is 29.8 Å². The van der Waals surface area contributed by atoms with Crippen LogP contribution in [0.1, 0.15) is 44.6 Å². The highest BCUT2D eigenvalue weighted by atomic mass is 16.2. The summed E-state index contributed by atoms with van der Waals surface area (Å²) in [7, 11) is 0. The fourth-order valence-corrected chi connectivity index (χ4v) is 3.68. The molecule has 1 aliphatic heterocycles. The number of nitrogens with one attached hydrogen (secondary N) is 3. The van der Waals surface area contributed by atoms with Gasteiger partial charge in [-0.25, -0.2) is 4.79 Å². The molecule has 3 N–H and O–H groups in total. The molecule has 4 amide bonds. The van der Waals surface area contributed by atoms with E-state index >= 15 is 0 Å². The highest BCUT2D eigenvalue weighted by molar-refractivity contribution is 6.07. The zero-order valence-electron chi connectivity index (χ0n) is 15.1. The number of amides is 4. The van der Waals surface area contributed by atoms with Gasteiger partial charge in [0.1, 0.15) is 5.54 Å². The Morgan fingerprint density at radius 3 is 2.69 bits per heavy atom. The molecule has 0 radical (unpaired) electrons. The van der Waals surface area contributed by atoms with Crippen LogP contribution in [0.3, 0.4) is 0 Å². The summed E-state index contributed by atoms with van der Waals surface area (Å²) in [5.41, 5.74) is 1.04. The number of hydrogen-bond donors (Lipinski definition) is 3. The molecule has 3 rings (SSSR count). The Labute approximate surface area is 153 Å². The Morgan fingerprint density at radius 1 is 1.23 bits per heavy atom. The van der Waals surface area contributed by atoms with E-state index in [2.05, 4.69) is 16.0 Å². The lowest BCUT2D eigenvalue weighted by atomic mass is 9.98. The second-order valence-corrected chi connectivity index (χ2v) is 6.91. The number of imide groups is 1. The quantitative estimate of drug-likeness (QED) is 0.650. The molecule has 0 unspecified atom stereocenters. The van der Waals surface area contributed by atoms with Crippen LogP contribution in [0.4, 0.5) is 10.5 Å². The second kappa shape index (κ2) is 7.86. The van der Waals surface area contributed by atoms with E-state index in [1.807, 2.05) is 31.2 Å². The van der Waals surface area contributed by atoms with Gasteiger partial charge in [0.2, 0.25) is 5.91 Å². The van der Waals surface area contributed by atoms with E-state index in [9.17, 15) is 14.4 Å². The summed E-state index contributed by atoms with van der Waals surface area (Å²) in [6.45, 7) is 3.64. The number of hydrogen-bond acceptors (Lipinski definition) is 4. The van der Waals surface area contributed by atoms with Crippen molar-refractivity contribution in [3.63, 3.8) is 0 Å². The lowest BCUT2D eigenvalue weighted by Crippen LogP contribution is -2.44. The Bertz CT molecular complexity index is 698. The van der Waals surface area contributed by atoms with Crippen molar-refractivity contribution in [3.8, 4) is 0 Å². The van der Waals surface area contributed by atoms with Crippen LogP contribution >= 0.6 is 0 Å². The largest absolute Gasteiger partial charge is 0.326 e. The molecule has 1 spiro atoms. The average Bonchev–Trinajstić information content (AvgIpc) is 3.18. The summed E-state index contributed by atoms with van der Waals surface area (Å²) in [6, 6.07) is 7.23. The number of anilines is 1. The first-order valence-electron chi connectivity index (χ1n) is 9.28. The minimum atomic E-state index is -0.716.